The van der Waals surface area contributed by atoms with Crippen molar-refractivity contribution in [3.8, 4) is 22.4 Å². The van der Waals surface area contributed by atoms with E-state index in [0.717, 1.165) is 28.1 Å². The van der Waals surface area contributed by atoms with Gasteiger partial charge in [-0.2, -0.15) is 0 Å². The lowest BCUT2D eigenvalue weighted by molar-refractivity contribution is -0.301. The molecular formula is C39H45FN2O5. The van der Waals surface area contributed by atoms with Crippen molar-refractivity contribution in [2.24, 2.45) is 0 Å². The van der Waals surface area contributed by atoms with Crippen molar-refractivity contribution in [3.63, 3.8) is 0 Å². The van der Waals surface area contributed by atoms with Crippen molar-refractivity contribution < 1.29 is 28.2 Å². The van der Waals surface area contributed by atoms with E-state index in [4.69, 9.17) is 14.2 Å². The second-order valence-electron chi connectivity index (χ2n) is 13.1. The zero-order chi connectivity index (χ0) is 33.7. The minimum Gasteiger partial charge on any atom is -0.463 e. The van der Waals surface area contributed by atoms with Gasteiger partial charge in [-0.1, -0.05) is 62.4 Å². The van der Waals surface area contributed by atoms with Gasteiger partial charge in [-0.25, -0.2) is 4.39 Å². The van der Waals surface area contributed by atoms with E-state index in [0.29, 0.717) is 30.6 Å². The number of amides is 1. The molecule has 1 amide bonds. The molecular weight excluding hydrogens is 595 g/mol. The van der Waals surface area contributed by atoms with Crippen LogP contribution in [0.15, 0.2) is 84.9 Å². The number of para-hydroxylation sites is 1. The fourth-order valence-corrected chi connectivity index (χ4v) is 6.50. The van der Waals surface area contributed by atoms with Crippen LogP contribution in [0.3, 0.4) is 0 Å². The Bertz CT molecular complexity index is 1660. The van der Waals surface area contributed by atoms with Crippen molar-refractivity contribution in [3.05, 3.63) is 102 Å². The lowest BCUT2D eigenvalue weighted by atomic mass is 9.94. The molecule has 3 aromatic carbocycles. The summed E-state index contributed by atoms with van der Waals surface area (Å²) in [5.41, 5.74) is 5.46. The van der Waals surface area contributed by atoms with E-state index in [2.05, 4.69) is 23.7 Å². The Morgan fingerprint density at radius 1 is 0.894 bits per heavy atom. The van der Waals surface area contributed by atoms with Crippen LogP contribution >= 0.6 is 0 Å². The SMILES string of the molecule is CC(C)OC(=O)CC1C[C@@H](CCn2c(-c3ccc(F)cc3)c(-c3ccccc3)c(C(=O)Nc3ccccc3)c2C(C)C)OC(C)(C)O1. The average Bonchev–Trinajstić information content (AvgIpc) is 3.36. The van der Waals surface area contributed by atoms with Crippen LogP contribution < -0.4 is 5.32 Å². The van der Waals surface area contributed by atoms with Crippen LogP contribution in [0.5, 0.6) is 0 Å². The fourth-order valence-electron chi connectivity index (χ4n) is 6.50. The molecule has 8 heteroatoms. The summed E-state index contributed by atoms with van der Waals surface area (Å²) in [6, 6.07) is 25.7. The molecule has 47 heavy (non-hydrogen) atoms. The lowest BCUT2D eigenvalue weighted by Gasteiger charge is -2.41. The van der Waals surface area contributed by atoms with Gasteiger partial charge in [-0.3, -0.25) is 9.59 Å². The van der Waals surface area contributed by atoms with Crippen LogP contribution in [0.25, 0.3) is 22.4 Å². The van der Waals surface area contributed by atoms with Gasteiger partial charge in [-0.15, -0.1) is 0 Å². The van der Waals surface area contributed by atoms with E-state index in [9.17, 15) is 14.0 Å². The Labute approximate surface area is 277 Å². The van der Waals surface area contributed by atoms with Crippen LogP contribution in [0.1, 0.15) is 82.8 Å². The summed E-state index contributed by atoms with van der Waals surface area (Å²) in [5, 5.41) is 3.12. The van der Waals surface area contributed by atoms with E-state index >= 15 is 0 Å². The molecule has 2 atom stereocenters. The molecule has 0 spiro atoms. The molecule has 7 nitrogen and oxygen atoms in total. The number of nitrogens with zero attached hydrogens (tertiary/aromatic N) is 1. The summed E-state index contributed by atoms with van der Waals surface area (Å²) >= 11 is 0. The first-order valence-electron chi connectivity index (χ1n) is 16.4. The van der Waals surface area contributed by atoms with Gasteiger partial charge in [0.25, 0.3) is 5.91 Å². The number of benzene rings is 3. The zero-order valence-electron chi connectivity index (χ0n) is 28.1. The summed E-state index contributed by atoms with van der Waals surface area (Å²) < 4.78 is 34.3. The van der Waals surface area contributed by atoms with Crippen molar-refractivity contribution in [1.82, 2.24) is 4.57 Å². The first-order valence-corrected chi connectivity index (χ1v) is 16.4. The van der Waals surface area contributed by atoms with E-state index in [1.165, 1.54) is 12.1 Å². The number of ether oxygens (including phenoxy) is 3. The first-order chi connectivity index (χ1) is 22.4. The molecule has 248 valence electrons. The van der Waals surface area contributed by atoms with E-state index in [1.807, 2.05) is 88.4 Å². The number of nitrogens with one attached hydrogen (secondary N) is 1. The van der Waals surface area contributed by atoms with Crippen molar-refractivity contribution in [2.45, 2.75) is 97.4 Å². The Kier molecular flexibility index (Phi) is 10.6. The van der Waals surface area contributed by atoms with E-state index in [-0.39, 0.29) is 48.3 Å². The first kappa shape index (κ1) is 34.1. The van der Waals surface area contributed by atoms with Crippen molar-refractivity contribution in [2.75, 3.05) is 5.32 Å². The highest BCUT2D eigenvalue weighted by Gasteiger charge is 2.37. The molecule has 1 N–H and O–H groups in total. The minimum absolute atomic E-state index is 0.0335. The van der Waals surface area contributed by atoms with Crippen LogP contribution in [-0.2, 0) is 25.5 Å². The van der Waals surface area contributed by atoms with Crippen LogP contribution in [0.4, 0.5) is 10.1 Å². The zero-order valence-corrected chi connectivity index (χ0v) is 28.1. The summed E-state index contributed by atoms with van der Waals surface area (Å²) in [6.45, 7) is 12.1. The van der Waals surface area contributed by atoms with Gasteiger partial charge in [-0.05, 0) is 87.6 Å². The molecule has 0 aliphatic carbocycles. The third-order valence-electron chi connectivity index (χ3n) is 8.15. The average molecular weight is 641 g/mol. The molecule has 1 saturated heterocycles. The third kappa shape index (κ3) is 8.37. The third-order valence-corrected chi connectivity index (χ3v) is 8.15. The molecule has 0 radical (unpaired) electrons. The second kappa shape index (κ2) is 14.7. The topological polar surface area (TPSA) is 78.8 Å². The van der Waals surface area contributed by atoms with Gasteiger partial charge in [0.15, 0.2) is 5.79 Å². The fraction of sp³-hybridized carbons (Fsp3) is 0.385. The highest BCUT2D eigenvalue weighted by molar-refractivity contribution is 6.12. The van der Waals surface area contributed by atoms with E-state index in [1.54, 1.807) is 12.1 Å². The Morgan fingerprint density at radius 3 is 2.13 bits per heavy atom. The molecule has 0 bridgehead atoms. The number of halogens is 1. The molecule has 1 aliphatic rings. The lowest BCUT2D eigenvalue weighted by Crippen LogP contribution is -2.45. The minimum atomic E-state index is -0.890. The van der Waals surface area contributed by atoms with Gasteiger partial charge in [0.2, 0.25) is 0 Å². The number of carbonyl (C=O) groups is 2. The summed E-state index contributed by atoms with van der Waals surface area (Å²) in [6.07, 6.45) is 0.484. The molecule has 1 unspecified atom stereocenters. The van der Waals surface area contributed by atoms with Gasteiger partial charge >= 0.3 is 5.97 Å². The van der Waals surface area contributed by atoms with Crippen LogP contribution in [-0.4, -0.2) is 40.5 Å². The Balaban J connectivity index is 1.60. The quantitative estimate of drug-likeness (QED) is 0.166. The van der Waals surface area contributed by atoms with Crippen molar-refractivity contribution in [1.29, 1.82) is 0 Å². The highest BCUT2D eigenvalue weighted by Crippen LogP contribution is 2.43. The number of carbonyl (C=O) groups excluding carboxylic acids is 2. The summed E-state index contributed by atoms with van der Waals surface area (Å²) in [7, 11) is 0. The summed E-state index contributed by atoms with van der Waals surface area (Å²) in [5.74, 6) is -1.77. The molecule has 1 aromatic heterocycles. The van der Waals surface area contributed by atoms with Crippen molar-refractivity contribution >= 4 is 17.6 Å². The number of hydrogen-bond donors (Lipinski definition) is 1. The number of esters is 1. The standard InChI is InChI=1S/C39H45FN2O5/c1-25(2)36-35(38(44)41-30-15-11-8-12-16-30)34(27-13-9-7-10-14-27)37(28-17-19-29(40)20-18-28)42(36)22-21-31-23-32(47-39(5,6)46-31)24-33(43)45-26(3)4/h7-20,25-26,31-32H,21-24H2,1-6H3,(H,41,44)/t31-,32?/m1/s1. The maximum Gasteiger partial charge on any atom is 0.308 e. The van der Waals surface area contributed by atoms with Gasteiger partial charge in [0.05, 0.1) is 36.0 Å². The maximum absolute atomic E-state index is 14.3. The second-order valence-corrected chi connectivity index (χ2v) is 13.1. The largest absolute Gasteiger partial charge is 0.463 e. The molecule has 5 rings (SSSR count). The number of aromatic nitrogens is 1. The smallest absolute Gasteiger partial charge is 0.308 e. The molecule has 1 aliphatic heterocycles. The Hall–Kier alpha value is -4.27. The molecule has 0 saturated carbocycles. The van der Waals surface area contributed by atoms with Gasteiger partial charge < -0.3 is 24.1 Å². The predicted octanol–water partition coefficient (Wildman–Crippen LogP) is 8.98. The van der Waals surface area contributed by atoms with Crippen LogP contribution in [0, 0.1) is 5.82 Å². The highest BCUT2D eigenvalue weighted by atomic mass is 19.1. The molecule has 1 fully saturated rings. The van der Waals surface area contributed by atoms with Gasteiger partial charge in [0.1, 0.15) is 5.82 Å². The Morgan fingerprint density at radius 2 is 1.51 bits per heavy atom. The van der Waals surface area contributed by atoms with Crippen LogP contribution in [0.2, 0.25) is 0 Å². The number of anilines is 1. The van der Waals surface area contributed by atoms with E-state index < -0.39 is 5.79 Å². The molecule has 4 aromatic rings. The number of hydrogen-bond acceptors (Lipinski definition) is 5. The van der Waals surface area contributed by atoms with Gasteiger partial charge in [0, 0.05) is 29.9 Å². The predicted molar refractivity (Wildman–Crippen MR) is 183 cm³/mol. The number of rotatable bonds is 11. The summed E-state index contributed by atoms with van der Waals surface area (Å²) in [4.78, 5) is 26.9. The maximum atomic E-state index is 14.3. The normalized spacial score (nSPS) is 17.6. The molecule has 2 heterocycles. The monoisotopic (exact) mass is 640 g/mol.